The van der Waals surface area contributed by atoms with Crippen LogP contribution in [0.15, 0.2) is 0 Å². The third kappa shape index (κ3) is 6.19. The first kappa shape index (κ1) is 16.0. The fraction of sp³-hybridized carbons (Fsp3) is 1.00. The molecule has 1 N–H and O–H groups in total. The van der Waals surface area contributed by atoms with Crippen molar-refractivity contribution in [1.82, 2.24) is 5.32 Å². The van der Waals surface area contributed by atoms with Crippen LogP contribution in [0.2, 0.25) is 0 Å². The predicted molar refractivity (Wildman–Crippen MR) is 77.6 cm³/mol. The summed E-state index contributed by atoms with van der Waals surface area (Å²) in [6.45, 7) is 7.30. The number of rotatable bonds is 6. The van der Waals surface area contributed by atoms with E-state index in [-0.39, 0.29) is 10.8 Å². The maximum absolute atomic E-state index is 12.1. The van der Waals surface area contributed by atoms with E-state index in [1.807, 2.05) is 0 Å². The van der Waals surface area contributed by atoms with Gasteiger partial charge in [0.15, 0.2) is 9.84 Å². The maximum Gasteiger partial charge on any atom is 0.153 e. The van der Waals surface area contributed by atoms with E-state index in [0.717, 1.165) is 45.1 Å². The van der Waals surface area contributed by atoms with E-state index < -0.39 is 9.84 Å². The van der Waals surface area contributed by atoms with Gasteiger partial charge < -0.3 is 5.32 Å². The van der Waals surface area contributed by atoms with Crippen LogP contribution in [0, 0.1) is 0 Å². The highest BCUT2D eigenvalue weighted by molar-refractivity contribution is 7.92. The van der Waals surface area contributed by atoms with E-state index in [1.165, 1.54) is 6.42 Å². The van der Waals surface area contributed by atoms with Crippen LogP contribution in [-0.4, -0.2) is 31.5 Å². The summed E-state index contributed by atoms with van der Waals surface area (Å²) in [4.78, 5) is 0. The fourth-order valence-corrected chi connectivity index (χ4v) is 4.47. The van der Waals surface area contributed by atoms with E-state index in [0.29, 0.717) is 5.75 Å². The number of hydrogen-bond donors (Lipinski definition) is 1. The van der Waals surface area contributed by atoms with Gasteiger partial charge >= 0.3 is 0 Å². The van der Waals surface area contributed by atoms with E-state index in [1.54, 1.807) is 0 Å². The van der Waals surface area contributed by atoms with Crippen molar-refractivity contribution in [3.63, 3.8) is 0 Å². The van der Waals surface area contributed by atoms with Crippen LogP contribution in [0.3, 0.4) is 0 Å². The molecule has 0 aromatic carbocycles. The van der Waals surface area contributed by atoms with Crippen LogP contribution >= 0.6 is 0 Å². The quantitative estimate of drug-likeness (QED) is 0.758. The molecule has 0 radical (unpaired) electrons. The molecule has 0 atom stereocenters. The highest BCUT2D eigenvalue weighted by Gasteiger charge is 2.26. The van der Waals surface area contributed by atoms with Crippen molar-refractivity contribution in [3.05, 3.63) is 0 Å². The van der Waals surface area contributed by atoms with Crippen LogP contribution in [0.4, 0.5) is 0 Å². The van der Waals surface area contributed by atoms with Crippen molar-refractivity contribution >= 4 is 9.84 Å². The third-order valence-electron chi connectivity index (χ3n) is 3.57. The molecular formula is C14H29NO2S. The van der Waals surface area contributed by atoms with Crippen LogP contribution < -0.4 is 5.32 Å². The molecule has 1 aliphatic rings. The van der Waals surface area contributed by atoms with Crippen molar-refractivity contribution in [3.8, 4) is 0 Å². The number of nitrogens with one attached hydrogen (secondary N) is 1. The number of sulfone groups is 1. The van der Waals surface area contributed by atoms with E-state index in [2.05, 4.69) is 26.1 Å². The maximum atomic E-state index is 12.1. The second kappa shape index (κ2) is 6.90. The minimum absolute atomic E-state index is 0.0400. The minimum Gasteiger partial charge on any atom is -0.312 e. The zero-order chi connectivity index (χ0) is 13.6. The van der Waals surface area contributed by atoms with E-state index in [9.17, 15) is 8.42 Å². The number of unbranched alkanes of at least 4 members (excludes halogenated alkanes) is 1. The molecule has 0 saturated heterocycles. The first-order valence-electron chi connectivity index (χ1n) is 7.28. The van der Waals surface area contributed by atoms with Gasteiger partial charge in [-0.3, -0.25) is 0 Å². The molecule has 0 spiro atoms. The van der Waals surface area contributed by atoms with Gasteiger partial charge in [0.2, 0.25) is 0 Å². The molecule has 1 rings (SSSR count). The topological polar surface area (TPSA) is 46.2 Å². The van der Waals surface area contributed by atoms with Gasteiger partial charge in [0.05, 0.1) is 11.0 Å². The SMILES string of the molecule is CC(C)(C)NCCCCS(=O)(=O)C1CCCCC1. The van der Waals surface area contributed by atoms with E-state index >= 15 is 0 Å². The lowest BCUT2D eigenvalue weighted by atomic mass is 10.0. The van der Waals surface area contributed by atoms with Crippen molar-refractivity contribution in [2.24, 2.45) is 0 Å². The van der Waals surface area contributed by atoms with Gasteiger partial charge in [-0.1, -0.05) is 19.3 Å². The van der Waals surface area contributed by atoms with Crippen molar-refractivity contribution in [2.75, 3.05) is 12.3 Å². The molecule has 0 unspecified atom stereocenters. The normalized spacial score (nSPS) is 19.1. The summed E-state index contributed by atoms with van der Waals surface area (Å²) in [6.07, 6.45) is 6.92. The van der Waals surface area contributed by atoms with Gasteiger partial charge in [-0.2, -0.15) is 0 Å². The Morgan fingerprint density at radius 3 is 2.22 bits per heavy atom. The second-order valence-corrected chi connectivity index (χ2v) is 8.91. The first-order valence-corrected chi connectivity index (χ1v) is 8.99. The standard InChI is InChI=1S/C14H29NO2S/c1-14(2,3)15-11-7-8-12-18(16,17)13-9-5-4-6-10-13/h13,15H,4-12H2,1-3H3. The van der Waals surface area contributed by atoms with Gasteiger partial charge in [-0.05, 0) is 53.0 Å². The highest BCUT2D eigenvalue weighted by Crippen LogP contribution is 2.24. The molecule has 0 aromatic rings. The summed E-state index contributed by atoms with van der Waals surface area (Å²) in [5, 5.41) is 3.35. The van der Waals surface area contributed by atoms with Gasteiger partial charge in [-0.25, -0.2) is 8.42 Å². The second-order valence-electron chi connectivity index (χ2n) is 6.51. The van der Waals surface area contributed by atoms with Crippen molar-refractivity contribution in [1.29, 1.82) is 0 Å². The zero-order valence-corrected chi connectivity index (χ0v) is 13.0. The first-order chi connectivity index (χ1) is 8.31. The van der Waals surface area contributed by atoms with Crippen molar-refractivity contribution in [2.45, 2.75) is 76.5 Å². The molecule has 0 heterocycles. The zero-order valence-electron chi connectivity index (χ0n) is 12.2. The average molecular weight is 275 g/mol. The number of hydrogen-bond acceptors (Lipinski definition) is 3. The lowest BCUT2D eigenvalue weighted by Gasteiger charge is -2.22. The smallest absolute Gasteiger partial charge is 0.153 e. The summed E-state index contributed by atoms with van der Waals surface area (Å²) >= 11 is 0. The van der Waals surface area contributed by atoms with Crippen molar-refractivity contribution < 1.29 is 8.42 Å². The lowest BCUT2D eigenvalue weighted by molar-refractivity contribution is 0.420. The predicted octanol–water partition coefficient (Wildman–Crippen LogP) is 2.90. The molecule has 0 aromatic heterocycles. The highest BCUT2D eigenvalue weighted by atomic mass is 32.2. The van der Waals surface area contributed by atoms with Crippen LogP contribution in [-0.2, 0) is 9.84 Å². The monoisotopic (exact) mass is 275 g/mol. The molecule has 0 bridgehead atoms. The Balaban J connectivity index is 2.21. The lowest BCUT2D eigenvalue weighted by Crippen LogP contribution is -2.36. The Morgan fingerprint density at radius 1 is 1.06 bits per heavy atom. The molecule has 0 amide bonds. The Labute approximate surface area is 113 Å². The summed E-state index contributed by atoms with van der Waals surface area (Å²) in [5.74, 6) is 0.378. The average Bonchev–Trinajstić information content (AvgIpc) is 2.28. The summed E-state index contributed by atoms with van der Waals surface area (Å²) in [6, 6.07) is 0. The fourth-order valence-electron chi connectivity index (χ4n) is 2.48. The summed E-state index contributed by atoms with van der Waals surface area (Å²) in [5.41, 5.74) is 0.127. The Morgan fingerprint density at radius 2 is 1.67 bits per heavy atom. The molecule has 108 valence electrons. The van der Waals surface area contributed by atoms with Gasteiger partial charge in [0.1, 0.15) is 0 Å². The Bertz CT molecular complexity index is 324. The molecule has 1 fully saturated rings. The molecular weight excluding hydrogens is 246 g/mol. The van der Waals surface area contributed by atoms with Crippen LogP contribution in [0.25, 0.3) is 0 Å². The largest absolute Gasteiger partial charge is 0.312 e. The minimum atomic E-state index is -2.83. The molecule has 18 heavy (non-hydrogen) atoms. The van der Waals surface area contributed by atoms with Gasteiger partial charge in [-0.15, -0.1) is 0 Å². The Kier molecular flexibility index (Phi) is 6.12. The van der Waals surface area contributed by atoms with E-state index in [4.69, 9.17) is 0 Å². The third-order valence-corrected chi connectivity index (χ3v) is 5.92. The van der Waals surface area contributed by atoms with Gasteiger partial charge in [0.25, 0.3) is 0 Å². The summed E-state index contributed by atoms with van der Waals surface area (Å²) in [7, 11) is -2.83. The molecule has 1 saturated carbocycles. The summed E-state index contributed by atoms with van der Waals surface area (Å²) < 4.78 is 24.3. The van der Waals surface area contributed by atoms with Gasteiger partial charge in [0, 0.05) is 5.54 Å². The molecule has 3 nitrogen and oxygen atoms in total. The van der Waals surface area contributed by atoms with Crippen LogP contribution in [0.1, 0.15) is 65.7 Å². The molecule has 1 aliphatic carbocycles. The Hall–Kier alpha value is -0.0900. The molecule has 0 aliphatic heterocycles. The van der Waals surface area contributed by atoms with Crippen LogP contribution in [0.5, 0.6) is 0 Å². The molecule has 4 heteroatoms.